The third kappa shape index (κ3) is 4.31. The van der Waals surface area contributed by atoms with E-state index in [0.29, 0.717) is 18.0 Å². The van der Waals surface area contributed by atoms with Crippen LogP contribution in [0.25, 0.3) is 11.3 Å². The Morgan fingerprint density at radius 2 is 2.04 bits per heavy atom. The topological polar surface area (TPSA) is 58.4 Å². The number of hydrogen-bond acceptors (Lipinski definition) is 5. The second-order valence-electron chi connectivity index (χ2n) is 6.57. The Balaban J connectivity index is 1.43. The Hall–Kier alpha value is -1.96. The van der Waals surface area contributed by atoms with Gasteiger partial charge in [-0.2, -0.15) is 0 Å². The molecule has 3 aromatic rings. The summed E-state index contributed by atoms with van der Waals surface area (Å²) >= 11 is 5.15. The number of rotatable bonds is 6. The monoisotopic (exact) mass is 445 g/mol. The van der Waals surface area contributed by atoms with Crippen LogP contribution in [0.5, 0.6) is 0 Å². The maximum atomic E-state index is 12.6. The number of benzene rings is 1. The van der Waals surface area contributed by atoms with Crippen molar-refractivity contribution in [3.63, 3.8) is 0 Å². The lowest BCUT2D eigenvalue weighted by atomic mass is 10.1. The van der Waals surface area contributed by atoms with E-state index in [-0.39, 0.29) is 11.9 Å². The van der Waals surface area contributed by atoms with Crippen molar-refractivity contribution in [2.75, 3.05) is 19.6 Å². The molecule has 7 heteroatoms. The molecule has 27 heavy (non-hydrogen) atoms. The van der Waals surface area contributed by atoms with Gasteiger partial charge >= 0.3 is 0 Å². The van der Waals surface area contributed by atoms with Crippen molar-refractivity contribution < 1.29 is 9.32 Å². The second kappa shape index (κ2) is 8.37. The molecule has 1 fully saturated rings. The molecule has 1 aromatic carbocycles. The number of hydrogen-bond donors (Lipinski definition) is 1. The molecule has 140 valence electrons. The summed E-state index contributed by atoms with van der Waals surface area (Å²) in [5, 5.41) is 9.06. The van der Waals surface area contributed by atoms with E-state index in [4.69, 9.17) is 4.52 Å². The third-order valence-electron chi connectivity index (χ3n) is 4.78. The zero-order valence-electron chi connectivity index (χ0n) is 14.7. The predicted octanol–water partition coefficient (Wildman–Crippen LogP) is 4.73. The molecule has 1 aliphatic heterocycles. The molecule has 0 saturated carbocycles. The van der Waals surface area contributed by atoms with Gasteiger partial charge in [0, 0.05) is 27.5 Å². The summed E-state index contributed by atoms with van der Waals surface area (Å²) in [6.45, 7) is 2.73. The van der Waals surface area contributed by atoms with Gasteiger partial charge in [0.15, 0.2) is 11.5 Å². The molecule has 3 heterocycles. The first kappa shape index (κ1) is 18.4. The van der Waals surface area contributed by atoms with Gasteiger partial charge in [-0.3, -0.25) is 9.69 Å². The molecule has 1 atom stereocenters. The summed E-state index contributed by atoms with van der Waals surface area (Å²) in [7, 11) is 0. The SMILES string of the molecule is O=C(NCC(c1cccs1)N1CCCC1)c1cc(-c2ccc(Br)cc2)on1. The summed E-state index contributed by atoms with van der Waals surface area (Å²) in [6.07, 6.45) is 2.44. The van der Waals surface area contributed by atoms with Gasteiger partial charge in [0.1, 0.15) is 0 Å². The van der Waals surface area contributed by atoms with Crippen LogP contribution < -0.4 is 5.32 Å². The number of nitrogens with zero attached hydrogens (tertiary/aromatic N) is 2. The van der Waals surface area contributed by atoms with Crippen molar-refractivity contribution in [2.45, 2.75) is 18.9 Å². The lowest BCUT2D eigenvalue weighted by Crippen LogP contribution is -2.36. The van der Waals surface area contributed by atoms with Crippen molar-refractivity contribution in [1.29, 1.82) is 0 Å². The second-order valence-corrected chi connectivity index (χ2v) is 8.46. The van der Waals surface area contributed by atoms with Gasteiger partial charge in [0.05, 0.1) is 6.04 Å². The fourth-order valence-electron chi connectivity index (χ4n) is 3.36. The first-order chi connectivity index (χ1) is 13.2. The van der Waals surface area contributed by atoms with E-state index in [1.807, 2.05) is 24.3 Å². The first-order valence-corrected chi connectivity index (χ1v) is 10.7. The minimum absolute atomic E-state index is 0.206. The van der Waals surface area contributed by atoms with Crippen LogP contribution in [0, 0.1) is 0 Å². The number of carbonyl (C=O) groups is 1. The Bertz CT molecular complexity index is 886. The molecule has 0 aliphatic carbocycles. The molecule has 5 nitrogen and oxygen atoms in total. The third-order valence-corrected chi connectivity index (χ3v) is 6.28. The highest BCUT2D eigenvalue weighted by atomic mass is 79.9. The van der Waals surface area contributed by atoms with Crippen LogP contribution in [-0.4, -0.2) is 35.6 Å². The Labute approximate surface area is 170 Å². The fraction of sp³-hybridized carbons (Fsp3) is 0.300. The smallest absolute Gasteiger partial charge is 0.273 e. The number of halogens is 1. The summed E-state index contributed by atoms with van der Waals surface area (Å²) < 4.78 is 6.35. The van der Waals surface area contributed by atoms with Crippen LogP contribution in [0.15, 0.2) is 56.8 Å². The summed E-state index contributed by atoms with van der Waals surface area (Å²) in [5.74, 6) is 0.380. The Morgan fingerprint density at radius 1 is 1.26 bits per heavy atom. The molecule has 0 bridgehead atoms. The molecule has 4 rings (SSSR count). The van der Waals surface area contributed by atoms with Crippen LogP contribution in [0.3, 0.4) is 0 Å². The lowest BCUT2D eigenvalue weighted by molar-refractivity contribution is 0.0929. The number of aromatic nitrogens is 1. The van der Waals surface area contributed by atoms with E-state index in [1.54, 1.807) is 17.4 Å². The van der Waals surface area contributed by atoms with Gasteiger partial charge in [-0.15, -0.1) is 11.3 Å². The average Bonchev–Trinajstić information content (AvgIpc) is 3.44. The van der Waals surface area contributed by atoms with E-state index in [9.17, 15) is 4.79 Å². The Morgan fingerprint density at radius 3 is 2.74 bits per heavy atom. The number of nitrogens with one attached hydrogen (secondary N) is 1. The quantitative estimate of drug-likeness (QED) is 0.595. The minimum Gasteiger partial charge on any atom is -0.355 e. The molecular weight excluding hydrogens is 426 g/mol. The van der Waals surface area contributed by atoms with E-state index < -0.39 is 0 Å². The number of likely N-dealkylation sites (tertiary alicyclic amines) is 1. The molecule has 0 spiro atoms. The largest absolute Gasteiger partial charge is 0.355 e. The molecule has 1 N–H and O–H groups in total. The maximum absolute atomic E-state index is 12.6. The van der Waals surface area contributed by atoms with Gasteiger partial charge in [-0.05, 0) is 49.5 Å². The highest BCUT2D eigenvalue weighted by Gasteiger charge is 2.25. The van der Waals surface area contributed by atoms with E-state index in [1.165, 1.54) is 17.7 Å². The number of amides is 1. The fourth-order valence-corrected chi connectivity index (χ4v) is 4.48. The van der Waals surface area contributed by atoms with E-state index in [0.717, 1.165) is 23.1 Å². The number of carbonyl (C=O) groups excluding carboxylic acids is 1. The van der Waals surface area contributed by atoms with Gasteiger partial charge in [0.2, 0.25) is 0 Å². The van der Waals surface area contributed by atoms with Crippen molar-refractivity contribution in [1.82, 2.24) is 15.4 Å². The maximum Gasteiger partial charge on any atom is 0.273 e. The number of thiophene rings is 1. The van der Waals surface area contributed by atoms with Crippen LogP contribution in [0.4, 0.5) is 0 Å². The highest BCUT2D eigenvalue weighted by Crippen LogP contribution is 2.28. The van der Waals surface area contributed by atoms with Gasteiger partial charge in [-0.25, -0.2) is 0 Å². The summed E-state index contributed by atoms with van der Waals surface area (Å²) in [6, 6.07) is 13.8. The van der Waals surface area contributed by atoms with Crippen molar-refractivity contribution in [3.8, 4) is 11.3 Å². The molecule has 1 aliphatic rings. The molecule has 1 saturated heterocycles. The Kier molecular flexibility index (Phi) is 5.71. The zero-order valence-corrected chi connectivity index (χ0v) is 17.1. The van der Waals surface area contributed by atoms with Crippen LogP contribution in [0.1, 0.15) is 34.2 Å². The van der Waals surface area contributed by atoms with Crippen LogP contribution in [0.2, 0.25) is 0 Å². The first-order valence-electron chi connectivity index (χ1n) is 8.99. The summed E-state index contributed by atoms with van der Waals surface area (Å²) in [5.41, 5.74) is 1.19. The summed E-state index contributed by atoms with van der Waals surface area (Å²) in [4.78, 5) is 16.3. The molecule has 2 aromatic heterocycles. The van der Waals surface area contributed by atoms with Gasteiger partial charge in [0.25, 0.3) is 5.91 Å². The molecule has 0 radical (unpaired) electrons. The molecule has 1 amide bonds. The van der Waals surface area contributed by atoms with Crippen LogP contribution >= 0.6 is 27.3 Å². The van der Waals surface area contributed by atoms with Crippen LogP contribution in [-0.2, 0) is 0 Å². The van der Waals surface area contributed by atoms with Gasteiger partial charge < -0.3 is 9.84 Å². The normalized spacial score (nSPS) is 15.7. The minimum atomic E-state index is -0.206. The van der Waals surface area contributed by atoms with E-state index in [2.05, 4.69) is 48.8 Å². The van der Waals surface area contributed by atoms with Crippen molar-refractivity contribution in [3.05, 3.63) is 62.9 Å². The predicted molar refractivity (Wildman–Crippen MR) is 110 cm³/mol. The molecule has 1 unspecified atom stereocenters. The molecular formula is C20H20BrN3O2S. The van der Waals surface area contributed by atoms with E-state index >= 15 is 0 Å². The zero-order chi connectivity index (χ0) is 18.6. The van der Waals surface area contributed by atoms with Crippen molar-refractivity contribution >= 4 is 33.2 Å². The van der Waals surface area contributed by atoms with Gasteiger partial charge in [-0.1, -0.05) is 39.3 Å². The highest BCUT2D eigenvalue weighted by molar-refractivity contribution is 9.10. The lowest BCUT2D eigenvalue weighted by Gasteiger charge is -2.26. The van der Waals surface area contributed by atoms with Crippen molar-refractivity contribution in [2.24, 2.45) is 0 Å². The standard InChI is InChI=1S/C20H20BrN3O2S/c21-15-7-5-14(6-8-15)18-12-16(23-26-18)20(25)22-13-17(19-4-3-11-27-19)24-9-1-2-10-24/h3-8,11-12,17H,1-2,9-10,13H2,(H,22,25). The average molecular weight is 446 g/mol.